The predicted molar refractivity (Wildman–Crippen MR) is 71.0 cm³/mol. The molecule has 7 heteroatoms. The van der Waals surface area contributed by atoms with Crippen LogP contribution in [-0.2, 0) is 16.6 Å². The van der Waals surface area contributed by atoms with Crippen molar-refractivity contribution < 1.29 is 13.5 Å². The van der Waals surface area contributed by atoms with Gasteiger partial charge in [-0.15, -0.1) is 0 Å². The highest BCUT2D eigenvalue weighted by Gasteiger charge is 2.41. The number of aromatic amines is 1. The SMILES string of the molecule is CCC1CCC(C)N1S(=O)(=O)c1n[nH]c(C)c1CO. The second-order valence-electron chi connectivity index (χ2n) is 5.11. The van der Waals surface area contributed by atoms with Crippen molar-refractivity contribution in [3.8, 4) is 0 Å². The maximum atomic E-state index is 12.7. The largest absolute Gasteiger partial charge is 0.392 e. The van der Waals surface area contributed by atoms with E-state index in [-0.39, 0.29) is 23.7 Å². The zero-order valence-corrected chi connectivity index (χ0v) is 12.4. The van der Waals surface area contributed by atoms with Gasteiger partial charge in [0.15, 0.2) is 5.03 Å². The Hall–Kier alpha value is -0.920. The van der Waals surface area contributed by atoms with Crippen molar-refractivity contribution in [2.75, 3.05) is 0 Å². The topological polar surface area (TPSA) is 86.3 Å². The van der Waals surface area contributed by atoms with Crippen molar-refractivity contribution in [1.29, 1.82) is 0 Å². The van der Waals surface area contributed by atoms with E-state index in [0.717, 1.165) is 19.3 Å². The average Bonchev–Trinajstić information content (AvgIpc) is 2.92. The molecule has 0 amide bonds. The second-order valence-corrected chi connectivity index (χ2v) is 6.87. The van der Waals surface area contributed by atoms with Crippen LogP contribution in [0.3, 0.4) is 0 Å². The standard InChI is InChI=1S/C12H21N3O3S/c1-4-10-6-5-8(2)15(10)19(17,18)12-11(7-16)9(3)13-14-12/h8,10,16H,4-7H2,1-3H3,(H,13,14). The van der Waals surface area contributed by atoms with Crippen molar-refractivity contribution >= 4 is 10.0 Å². The summed E-state index contributed by atoms with van der Waals surface area (Å²) in [7, 11) is -3.64. The molecule has 108 valence electrons. The lowest BCUT2D eigenvalue weighted by Gasteiger charge is -2.26. The Bertz CT molecular complexity index is 553. The third-order valence-electron chi connectivity index (χ3n) is 3.90. The van der Waals surface area contributed by atoms with Gasteiger partial charge in [-0.05, 0) is 33.1 Å². The van der Waals surface area contributed by atoms with E-state index in [1.54, 1.807) is 11.2 Å². The molecule has 1 aliphatic rings. The molecule has 1 aliphatic heterocycles. The smallest absolute Gasteiger partial charge is 0.263 e. The lowest BCUT2D eigenvalue weighted by molar-refractivity contribution is 0.276. The molecule has 19 heavy (non-hydrogen) atoms. The molecule has 2 unspecified atom stereocenters. The predicted octanol–water partition coefficient (Wildman–Crippen LogP) is 1.16. The van der Waals surface area contributed by atoms with E-state index in [1.807, 2.05) is 13.8 Å². The molecule has 1 aromatic rings. The van der Waals surface area contributed by atoms with Gasteiger partial charge in [0, 0.05) is 23.3 Å². The number of aliphatic hydroxyl groups is 1. The quantitative estimate of drug-likeness (QED) is 0.870. The van der Waals surface area contributed by atoms with Crippen molar-refractivity contribution in [2.24, 2.45) is 0 Å². The van der Waals surface area contributed by atoms with Crippen molar-refractivity contribution in [3.63, 3.8) is 0 Å². The fourth-order valence-electron chi connectivity index (χ4n) is 2.79. The molecule has 2 rings (SSSR count). The third kappa shape index (κ3) is 2.30. The Morgan fingerprint density at radius 2 is 2.16 bits per heavy atom. The van der Waals surface area contributed by atoms with Crippen molar-refractivity contribution in [3.05, 3.63) is 11.3 Å². The lowest BCUT2D eigenvalue weighted by Crippen LogP contribution is -2.40. The minimum atomic E-state index is -3.64. The molecule has 1 aromatic heterocycles. The fraction of sp³-hybridized carbons (Fsp3) is 0.750. The van der Waals surface area contributed by atoms with Crippen LogP contribution < -0.4 is 0 Å². The van der Waals surface area contributed by atoms with Crippen LogP contribution in [0.5, 0.6) is 0 Å². The summed E-state index contributed by atoms with van der Waals surface area (Å²) < 4.78 is 27.0. The number of aromatic nitrogens is 2. The molecular weight excluding hydrogens is 266 g/mol. The van der Waals surface area contributed by atoms with Crippen molar-refractivity contribution in [1.82, 2.24) is 14.5 Å². The first-order valence-electron chi connectivity index (χ1n) is 6.61. The first kappa shape index (κ1) is 14.5. The highest BCUT2D eigenvalue weighted by atomic mass is 32.2. The first-order valence-corrected chi connectivity index (χ1v) is 8.05. The normalized spacial score (nSPS) is 25.1. The number of H-pyrrole nitrogens is 1. The summed E-state index contributed by atoms with van der Waals surface area (Å²) in [6.45, 7) is 5.30. The number of aliphatic hydroxyl groups excluding tert-OH is 1. The molecule has 0 aromatic carbocycles. The highest BCUT2D eigenvalue weighted by molar-refractivity contribution is 7.89. The van der Waals surface area contributed by atoms with Gasteiger partial charge in [0.25, 0.3) is 10.0 Å². The fourth-order valence-corrected chi connectivity index (χ4v) is 4.91. The van der Waals surface area contributed by atoms with Gasteiger partial charge >= 0.3 is 0 Å². The number of hydrogen-bond donors (Lipinski definition) is 2. The van der Waals surface area contributed by atoms with Crippen molar-refractivity contribution in [2.45, 2.75) is 63.8 Å². The van der Waals surface area contributed by atoms with Crippen LogP contribution in [0.15, 0.2) is 5.03 Å². The second kappa shape index (κ2) is 5.22. The zero-order chi connectivity index (χ0) is 14.2. The number of aryl methyl sites for hydroxylation is 1. The summed E-state index contributed by atoms with van der Waals surface area (Å²) in [6, 6.07) is 0.0158. The van der Waals surface area contributed by atoms with E-state index in [0.29, 0.717) is 11.3 Å². The summed E-state index contributed by atoms with van der Waals surface area (Å²) in [5.74, 6) is 0. The van der Waals surface area contributed by atoms with Gasteiger partial charge < -0.3 is 5.11 Å². The number of rotatable bonds is 4. The molecule has 2 atom stereocenters. The Labute approximate surface area is 113 Å². The summed E-state index contributed by atoms with van der Waals surface area (Å²) in [4.78, 5) is 0. The molecule has 0 aliphatic carbocycles. The van der Waals surface area contributed by atoms with E-state index in [2.05, 4.69) is 10.2 Å². The van der Waals surface area contributed by atoms with Crippen LogP contribution in [0, 0.1) is 6.92 Å². The molecule has 0 radical (unpaired) electrons. The molecule has 2 heterocycles. The van der Waals surface area contributed by atoms with E-state index < -0.39 is 10.0 Å². The minimum absolute atomic E-state index is 0.0153. The molecule has 0 spiro atoms. The molecule has 1 fully saturated rings. The van der Waals surface area contributed by atoms with Gasteiger partial charge in [-0.2, -0.15) is 9.40 Å². The van der Waals surface area contributed by atoms with Gasteiger partial charge in [0.05, 0.1) is 6.61 Å². The first-order chi connectivity index (χ1) is 8.93. The van der Waals surface area contributed by atoms with E-state index in [4.69, 9.17) is 0 Å². The van der Waals surface area contributed by atoms with Crippen LogP contribution >= 0.6 is 0 Å². The molecule has 2 N–H and O–H groups in total. The van der Waals surface area contributed by atoms with Gasteiger partial charge in [-0.1, -0.05) is 6.92 Å². The molecule has 0 bridgehead atoms. The molecule has 6 nitrogen and oxygen atoms in total. The molecule has 1 saturated heterocycles. The average molecular weight is 287 g/mol. The highest BCUT2D eigenvalue weighted by Crippen LogP contribution is 2.33. The van der Waals surface area contributed by atoms with Crippen LogP contribution in [0.2, 0.25) is 0 Å². The summed E-state index contributed by atoms with van der Waals surface area (Å²) in [5, 5.41) is 15.9. The van der Waals surface area contributed by atoms with E-state index in [1.165, 1.54) is 0 Å². The van der Waals surface area contributed by atoms with E-state index in [9.17, 15) is 13.5 Å². The van der Waals surface area contributed by atoms with Gasteiger partial charge in [-0.3, -0.25) is 5.10 Å². The summed E-state index contributed by atoms with van der Waals surface area (Å²) in [5.41, 5.74) is 0.968. The van der Waals surface area contributed by atoms with Crippen LogP contribution in [0.25, 0.3) is 0 Å². The number of hydrogen-bond acceptors (Lipinski definition) is 4. The van der Waals surface area contributed by atoms with E-state index >= 15 is 0 Å². The Morgan fingerprint density at radius 3 is 2.74 bits per heavy atom. The summed E-state index contributed by atoms with van der Waals surface area (Å²) >= 11 is 0. The van der Waals surface area contributed by atoms with Crippen LogP contribution in [0.4, 0.5) is 0 Å². The number of nitrogens with zero attached hydrogens (tertiary/aromatic N) is 2. The molecule has 0 saturated carbocycles. The van der Waals surface area contributed by atoms with Gasteiger partial charge in [-0.25, -0.2) is 8.42 Å². The summed E-state index contributed by atoms with van der Waals surface area (Å²) in [6.07, 6.45) is 2.55. The maximum Gasteiger partial charge on any atom is 0.263 e. The maximum absolute atomic E-state index is 12.7. The van der Waals surface area contributed by atoms with Gasteiger partial charge in [0.1, 0.15) is 0 Å². The number of nitrogens with one attached hydrogen (secondary N) is 1. The lowest BCUT2D eigenvalue weighted by atomic mass is 10.2. The van der Waals surface area contributed by atoms with Gasteiger partial charge in [0.2, 0.25) is 0 Å². The zero-order valence-electron chi connectivity index (χ0n) is 11.5. The Kier molecular flexibility index (Phi) is 3.98. The monoisotopic (exact) mass is 287 g/mol. The third-order valence-corrected chi connectivity index (χ3v) is 5.94. The minimum Gasteiger partial charge on any atom is -0.392 e. The molecular formula is C12H21N3O3S. The van der Waals surface area contributed by atoms with Crippen LogP contribution in [-0.4, -0.2) is 40.1 Å². The number of sulfonamides is 1. The van der Waals surface area contributed by atoms with Crippen LogP contribution in [0.1, 0.15) is 44.4 Å². The Balaban J connectivity index is 2.47. The Morgan fingerprint density at radius 1 is 1.47 bits per heavy atom.